The van der Waals surface area contributed by atoms with Crippen LogP contribution >= 0.6 is 23.2 Å². The predicted molar refractivity (Wildman–Crippen MR) is 127 cm³/mol. The normalized spacial score (nSPS) is 16.6. The molecule has 0 aromatic heterocycles. The molecule has 6 nitrogen and oxygen atoms in total. The van der Waals surface area contributed by atoms with E-state index in [1.807, 2.05) is 26.0 Å². The molecule has 0 spiro atoms. The highest BCUT2D eigenvalue weighted by Gasteiger charge is 2.24. The van der Waals surface area contributed by atoms with Crippen molar-refractivity contribution in [1.29, 1.82) is 0 Å². The molecule has 0 bridgehead atoms. The van der Waals surface area contributed by atoms with Crippen molar-refractivity contribution in [1.82, 2.24) is 5.32 Å². The SMILES string of the molecule is CC(C)CC(NC(=O)c1ccc(Cl)cc1Cl)C(=O)Nc1cccc(OCC2CCCO2)c1. The smallest absolute Gasteiger partial charge is 0.253 e. The van der Waals surface area contributed by atoms with E-state index in [9.17, 15) is 9.59 Å². The Morgan fingerprint density at radius 1 is 1.19 bits per heavy atom. The largest absolute Gasteiger partial charge is 0.491 e. The molecule has 1 fully saturated rings. The summed E-state index contributed by atoms with van der Waals surface area (Å²) in [4.78, 5) is 25.7. The van der Waals surface area contributed by atoms with Gasteiger partial charge in [-0.25, -0.2) is 0 Å². The zero-order chi connectivity index (χ0) is 23.1. The molecule has 1 aliphatic rings. The molecule has 2 unspecified atom stereocenters. The van der Waals surface area contributed by atoms with Crippen molar-refractivity contribution < 1.29 is 19.1 Å². The van der Waals surface area contributed by atoms with Crippen LogP contribution in [0.25, 0.3) is 0 Å². The van der Waals surface area contributed by atoms with Crippen molar-refractivity contribution in [3.8, 4) is 5.75 Å². The number of hydrogen-bond donors (Lipinski definition) is 2. The summed E-state index contributed by atoms with van der Waals surface area (Å²) in [5.74, 6) is 0.0954. The number of amides is 2. The van der Waals surface area contributed by atoms with Crippen LogP contribution in [0.2, 0.25) is 10.0 Å². The van der Waals surface area contributed by atoms with Crippen LogP contribution in [0.3, 0.4) is 0 Å². The third kappa shape index (κ3) is 7.12. The molecular formula is C24H28Cl2N2O4. The molecule has 8 heteroatoms. The van der Waals surface area contributed by atoms with E-state index >= 15 is 0 Å². The van der Waals surface area contributed by atoms with Crippen LogP contribution in [-0.4, -0.2) is 37.2 Å². The summed E-state index contributed by atoms with van der Waals surface area (Å²) in [6, 6.07) is 11.1. The molecule has 2 atom stereocenters. The van der Waals surface area contributed by atoms with Gasteiger partial charge in [0.15, 0.2) is 0 Å². The number of halogens is 2. The Balaban J connectivity index is 1.65. The van der Waals surface area contributed by atoms with Crippen molar-refractivity contribution in [2.45, 2.75) is 45.3 Å². The van der Waals surface area contributed by atoms with Crippen molar-refractivity contribution in [2.75, 3.05) is 18.5 Å². The van der Waals surface area contributed by atoms with Gasteiger partial charge in [-0.3, -0.25) is 9.59 Å². The van der Waals surface area contributed by atoms with Crippen LogP contribution < -0.4 is 15.4 Å². The monoisotopic (exact) mass is 478 g/mol. The Morgan fingerprint density at radius 2 is 2.00 bits per heavy atom. The first-order valence-electron chi connectivity index (χ1n) is 10.7. The van der Waals surface area contributed by atoms with Gasteiger partial charge in [0.05, 0.1) is 16.7 Å². The van der Waals surface area contributed by atoms with Crippen LogP contribution in [0.5, 0.6) is 5.75 Å². The van der Waals surface area contributed by atoms with E-state index in [2.05, 4.69) is 10.6 Å². The Kier molecular flexibility index (Phi) is 8.79. The van der Waals surface area contributed by atoms with Crippen LogP contribution in [0.4, 0.5) is 5.69 Å². The van der Waals surface area contributed by atoms with E-state index in [4.69, 9.17) is 32.7 Å². The number of anilines is 1. The number of nitrogens with one attached hydrogen (secondary N) is 2. The van der Waals surface area contributed by atoms with Gasteiger partial charge in [0.1, 0.15) is 18.4 Å². The average Bonchev–Trinajstić information content (AvgIpc) is 3.25. The van der Waals surface area contributed by atoms with Gasteiger partial charge in [-0.15, -0.1) is 0 Å². The number of benzene rings is 2. The van der Waals surface area contributed by atoms with Crippen molar-refractivity contribution >= 4 is 40.7 Å². The summed E-state index contributed by atoms with van der Waals surface area (Å²) in [6.07, 6.45) is 2.62. The van der Waals surface area contributed by atoms with Crippen LogP contribution in [0.15, 0.2) is 42.5 Å². The minimum Gasteiger partial charge on any atom is -0.491 e. The van der Waals surface area contributed by atoms with Crippen molar-refractivity contribution in [2.24, 2.45) is 5.92 Å². The van der Waals surface area contributed by atoms with Gasteiger partial charge in [-0.05, 0) is 55.5 Å². The maximum atomic E-state index is 13.0. The van der Waals surface area contributed by atoms with E-state index in [0.29, 0.717) is 29.5 Å². The van der Waals surface area contributed by atoms with Gasteiger partial charge in [0.2, 0.25) is 5.91 Å². The lowest BCUT2D eigenvalue weighted by Gasteiger charge is -2.21. The molecule has 2 aromatic carbocycles. The lowest BCUT2D eigenvalue weighted by molar-refractivity contribution is -0.118. The molecule has 32 heavy (non-hydrogen) atoms. The third-order valence-electron chi connectivity index (χ3n) is 5.07. The van der Waals surface area contributed by atoms with E-state index in [0.717, 1.165) is 19.4 Å². The lowest BCUT2D eigenvalue weighted by atomic mass is 10.0. The summed E-state index contributed by atoms with van der Waals surface area (Å²) >= 11 is 12.1. The molecule has 0 radical (unpaired) electrons. The molecule has 2 amide bonds. The average molecular weight is 479 g/mol. The van der Waals surface area contributed by atoms with Gasteiger partial charge in [0.25, 0.3) is 5.91 Å². The van der Waals surface area contributed by atoms with E-state index < -0.39 is 11.9 Å². The molecule has 2 N–H and O–H groups in total. The van der Waals surface area contributed by atoms with Crippen LogP contribution in [0, 0.1) is 5.92 Å². The first-order valence-corrected chi connectivity index (χ1v) is 11.5. The fourth-order valence-electron chi connectivity index (χ4n) is 3.47. The number of ether oxygens (including phenoxy) is 2. The van der Waals surface area contributed by atoms with E-state index in [1.165, 1.54) is 6.07 Å². The summed E-state index contributed by atoms with van der Waals surface area (Å²) in [5.41, 5.74) is 0.856. The highest BCUT2D eigenvalue weighted by molar-refractivity contribution is 6.36. The highest BCUT2D eigenvalue weighted by Crippen LogP contribution is 2.22. The predicted octanol–water partition coefficient (Wildman–Crippen LogP) is 5.33. The fourth-order valence-corrected chi connectivity index (χ4v) is 3.96. The Morgan fingerprint density at radius 3 is 2.69 bits per heavy atom. The molecule has 1 heterocycles. The van der Waals surface area contributed by atoms with Gasteiger partial charge in [-0.2, -0.15) is 0 Å². The summed E-state index contributed by atoms with van der Waals surface area (Å²) < 4.78 is 11.4. The Bertz CT molecular complexity index is 945. The fraction of sp³-hybridized carbons (Fsp3) is 0.417. The first kappa shape index (κ1) is 24.4. The second-order valence-electron chi connectivity index (χ2n) is 8.24. The second kappa shape index (κ2) is 11.5. The maximum absolute atomic E-state index is 13.0. The Labute approximate surface area is 198 Å². The molecule has 1 saturated heterocycles. The minimum absolute atomic E-state index is 0.110. The first-order chi connectivity index (χ1) is 15.3. The van der Waals surface area contributed by atoms with Gasteiger partial charge >= 0.3 is 0 Å². The summed E-state index contributed by atoms with van der Waals surface area (Å²) in [6.45, 7) is 5.22. The number of rotatable bonds is 9. The molecule has 1 aliphatic heterocycles. The molecular weight excluding hydrogens is 451 g/mol. The van der Waals surface area contributed by atoms with Crippen LogP contribution in [0.1, 0.15) is 43.5 Å². The number of hydrogen-bond acceptors (Lipinski definition) is 4. The zero-order valence-corrected chi connectivity index (χ0v) is 19.7. The quantitative estimate of drug-likeness (QED) is 0.510. The number of carbonyl (C=O) groups excluding carboxylic acids is 2. The standard InChI is InChI=1S/C24H28Cl2N2O4/c1-15(2)11-22(28-23(29)20-9-8-16(25)12-21(20)26)24(30)27-17-5-3-6-18(13-17)32-14-19-7-4-10-31-19/h3,5-6,8-9,12-13,15,19,22H,4,7,10-11,14H2,1-2H3,(H,27,30)(H,28,29). The van der Waals surface area contributed by atoms with Crippen LogP contribution in [-0.2, 0) is 9.53 Å². The minimum atomic E-state index is -0.731. The van der Waals surface area contributed by atoms with Crippen molar-refractivity contribution in [3.63, 3.8) is 0 Å². The summed E-state index contributed by atoms with van der Waals surface area (Å²) in [7, 11) is 0. The Hall–Kier alpha value is -2.28. The molecule has 0 saturated carbocycles. The molecule has 3 rings (SSSR count). The third-order valence-corrected chi connectivity index (χ3v) is 5.61. The van der Waals surface area contributed by atoms with E-state index in [-0.39, 0.29) is 28.5 Å². The molecule has 0 aliphatic carbocycles. The van der Waals surface area contributed by atoms with Gasteiger partial charge in [-0.1, -0.05) is 43.1 Å². The van der Waals surface area contributed by atoms with Crippen molar-refractivity contribution in [3.05, 3.63) is 58.1 Å². The molecule has 172 valence electrons. The van der Waals surface area contributed by atoms with Gasteiger partial charge in [0, 0.05) is 23.4 Å². The topological polar surface area (TPSA) is 76.7 Å². The highest BCUT2D eigenvalue weighted by atomic mass is 35.5. The number of carbonyl (C=O) groups is 2. The second-order valence-corrected chi connectivity index (χ2v) is 9.09. The zero-order valence-electron chi connectivity index (χ0n) is 18.2. The van der Waals surface area contributed by atoms with E-state index in [1.54, 1.807) is 24.3 Å². The summed E-state index contributed by atoms with van der Waals surface area (Å²) in [5, 5.41) is 6.34. The molecule has 2 aromatic rings. The maximum Gasteiger partial charge on any atom is 0.253 e. The van der Waals surface area contributed by atoms with Gasteiger partial charge < -0.3 is 20.1 Å². The lowest BCUT2D eigenvalue weighted by Crippen LogP contribution is -2.44.